The molecule has 0 amide bonds. The van der Waals surface area contributed by atoms with Crippen molar-refractivity contribution >= 4 is 5.69 Å². The number of pyridine rings is 1. The highest BCUT2D eigenvalue weighted by atomic mass is 16.1. The number of piperazine rings is 1. The van der Waals surface area contributed by atoms with Gasteiger partial charge in [0.1, 0.15) is 5.69 Å². The second-order valence-electron chi connectivity index (χ2n) is 4.35. The summed E-state index contributed by atoms with van der Waals surface area (Å²) in [6, 6.07) is 4.39. The third-order valence-corrected chi connectivity index (χ3v) is 3.04. The summed E-state index contributed by atoms with van der Waals surface area (Å²) < 4.78 is 0. The van der Waals surface area contributed by atoms with Gasteiger partial charge in [-0.25, -0.2) is 0 Å². The van der Waals surface area contributed by atoms with Crippen LogP contribution in [-0.4, -0.2) is 30.7 Å². The first-order valence-corrected chi connectivity index (χ1v) is 5.91. The molecule has 1 aliphatic rings. The van der Waals surface area contributed by atoms with Crippen molar-refractivity contribution in [2.75, 3.05) is 24.5 Å². The van der Waals surface area contributed by atoms with Gasteiger partial charge in [-0.05, 0) is 25.5 Å². The average Bonchev–Trinajstić information content (AvgIpc) is 2.28. The number of rotatable bonds is 2. The average molecular weight is 221 g/mol. The Morgan fingerprint density at radius 1 is 1.50 bits per heavy atom. The minimum absolute atomic E-state index is 0.0356. The van der Waals surface area contributed by atoms with Gasteiger partial charge in [0.25, 0.3) is 5.56 Å². The lowest BCUT2D eigenvalue weighted by atomic mass is 10.2. The van der Waals surface area contributed by atoms with Gasteiger partial charge < -0.3 is 15.2 Å². The number of aromatic nitrogens is 1. The normalized spacial score (nSPS) is 21.1. The van der Waals surface area contributed by atoms with Crippen LogP contribution in [0.5, 0.6) is 0 Å². The molecule has 1 atom stereocenters. The summed E-state index contributed by atoms with van der Waals surface area (Å²) >= 11 is 0. The summed E-state index contributed by atoms with van der Waals surface area (Å²) in [7, 11) is 0. The number of aryl methyl sites for hydroxylation is 1. The van der Waals surface area contributed by atoms with E-state index in [0.717, 1.165) is 37.4 Å². The lowest BCUT2D eigenvalue weighted by Crippen LogP contribution is -2.50. The highest BCUT2D eigenvalue weighted by molar-refractivity contribution is 5.45. The Labute approximate surface area is 95.7 Å². The van der Waals surface area contributed by atoms with Gasteiger partial charge >= 0.3 is 0 Å². The Hall–Kier alpha value is -1.29. The van der Waals surface area contributed by atoms with Crippen molar-refractivity contribution in [3.63, 3.8) is 0 Å². The minimum Gasteiger partial charge on any atom is -0.364 e. The van der Waals surface area contributed by atoms with E-state index in [1.807, 2.05) is 19.1 Å². The number of nitrogens with one attached hydrogen (secondary N) is 2. The van der Waals surface area contributed by atoms with Gasteiger partial charge in [0.2, 0.25) is 0 Å². The van der Waals surface area contributed by atoms with Crippen LogP contribution in [0.3, 0.4) is 0 Å². The second-order valence-corrected chi connectivity index (χ2v) is 4.35. The van der Waals surface area contributed by atoms with E-state index < -0.39 is 0 Å². The van der Waals surface area contributed by atoms with Crippen molar-refractivity contribution < 1.29 is 0 Å². The Balaban J connectivity index is 2.23. The summed E-state index contributed by atoms with van der Waals surface area (Å²) in [6.07, 6.45) is 0.869. The standard InChI is InChI=1S/C12H19N3O/c1-3-10-4-5-11(12(16)14-10)15-7-6-13-9(2)8-15/h4-5,9,13H,3,6-8H2,1-2H3,(H,14,16). The van der Waals surface area contributed by atoms with E-state index in [0.29, 0.717) is 6.04 Å². The van der Waals surface area contributed by atoms with Crippen LogP contribution in [0.15, 0.2) is 16.9 Å². The first kappa shape index (κ1) is 11.2. The largest absolute Gasteiger partial charge is 0.364 e. The maximum absolute atomic E-state index is 11.9. The van der Waals surface area contributed by atoms with Crippen LogP contribution >= 0.6 is 0 Å². The van der Waals surface area contributed by atoms with Gasteiger partial charge in [-0.3, -0.25) is 4.79 Å². The predicted octanol–water partition coefficient (Wildman–Crippen LogP) is 0.735. The van der Waals surface area contributed by atoms with Gasteiger partial charge in [0.15, 0.2) is 0 Å². The molecule has 1 fully saturated rings. The van der Waals surface area contributed by atoms with Crippen LogP contribution in [0, 0.1) is 0 Å². The molecular weight excluding hydrogens is 202 g/mol. The van der Waals surface area contributed by atoms with Crippen LogP contribution in [0.2, 0.25) is 0 Å². The van der Waals surface area contributed by atoms with Gasteiger partial charge in [0, 0.05) is 31.4 Å². The van der Waals surface area contributed by atoms with Crippen molar-refractivity contribution in [3.8, 4) is 0 Å². The van der Waals surface area contributed by atoms with E-state index in [4.69, 9.17) is 0 Å². The summed E-state index contributed by atoms with van der Waals surface area (Å²) in [4.78, 5) is 17.0. The Bertz CT molecular complexity index is 413. The number of hydrogen-bond acceptors (Lipinski definition) is 3. The molecule has 2 rings (SSSR count). The molecule has 1 saturated heterocycles. The lowest BCUT2D eigenvalue weighted by molar-refractivity contribution is 0.484. The molecule has 0 aromatic carbocycles. The van der Waals surface area contributed by atoms with Gasteiger partial charge in [-0.2, -0.15) is 0 Å². The van der Waals surface area contributed by atoms with Crippen LogP contribution in [0.1, 0.15) is 19.5 Å². The molecule has 1 aliphatic heterocycles. The zero-order chi connectivity index (χ0) is 11.5. The van der Waals surface area contributed by atoms with E-state index >= 15 is 0 Å². The van der Waals surface area contributed by atoms with Gasteiger partial charge in [0.05, 0.1) is 0 Å². The summed E-state index contributed by atoms with van der Waals surface area (Å²) in [5.41, 5.74) is 1.83. The van der Waals surface area contributed by atoms with E-state index in [1.165, 1.54) is 0 Å². The third-order valence-electron chi connectivity index (χ3n) is 3.04. The van der Waals surface area contributed by atoms with Crippen LogP contribution in [-0.2, 0) is 6.42 Å². The predicted molar refractivity (Wildman–Crippen MR) is 66.1 cm³/mol. The molecule has 1 unspecified atom stereocenters. The molecule has 0 aliphatic carbocycles. The molecule has 1 aromatic rings. The lowest BCUT2D eigenvalue weighted by Gasteiger charge is -2.33. The molecule has 16 heavy (non-hydrogen) atoms. The number of anilines is 1. The first-order chi connectivity index (χ1) is 7.70. The number of nitrogens with zero attached hydrogens (tertiary/aromatic N) is 1. The van der Waals surface area contributed by atoms with Crippen molar-refractivity contribution in [2.24, 2.45) is 0 Å². The van der Waals surface area contributed by atoms with Gasteiger partial charge in [-0.15, -0.1) is 0 Å². The topological polar surface area (TPSA) is 48.1 Å². The van der Waals surface area contributed by atoms with E-state index in [2.05, 4.69) is 22.1 Å². The molecule has 2 heterocycles. The molecule has 1 aromatic heterocycles. The number of aromatic amines is 1. The van der Waals surface area contributed by atoms with Crippen LogP contribution in [0.4, 0.5) is 5.69 Å². The maximum atomic E-state index is 11.9. The zero-order valence-corrected chi connectivity index (χ0v) is 9.92. The van der Waals surface area contributed by atoms with E-state index in [-0.39, 0.29) is 5.56 Å². The molecule has 4 heteroatoms. The molecule has 0 bridgehead atoms. The molecule has 0 spiro atoms. The summed E-state index contributed by atoms with van der Waals surface area (Å²) in [5.74, 6) is 0. The van der Waals surface area contributed by atoms with Crippen LogP contribution in [0.25, 0.3) is 0 Å². The molecular formula is C12H19N3O. The molecule has 4 nitrogen and oxygen atoms in total. The zero-order valence-electron chi connectivity index (χ0n) is 9.92. The fourth-order valence-corrected chi connectivity index (χ4v) is 2.11. The Morgan fingerprint density at radius 2 is 2.31 bits per heavy atom. The SMILES string of the molecule is CCc1ccc(N2CCNC(C)C2)c(=O)[nH]1. The molecule has 0 radical (unpaired) electrons. The minimum atomic E-state index is 0.0356. The Kier molecular flexibility index (Phi) is 3.29. The maximum Gasteiger partial charge on any atom is 0.271 e. The van der Waals surface area contributed by atoms with Crippen LogP contribution < -0.4 is 15.8 Å². The van der Waals surface area contributed by atoms with Crippen molar-refractivity contribution in [2.45, 2.75) is 26.3 Å². The summed E-state index contributed by atoms with van der Waals surface area (Å²) in [5, 5.41) is 3.37. The van der Waals surface area contributed by atoms with E-state index in [1.54, 1.807) is 0 Å². The number of H-pyrrole nitrogens is 1. The quantitative estimate of drug-likeness (QED) is 0.774. The molecule has 2 N–H and O–H groups in total. The van der Waals surface area contributed by atoms with Crippen molar-refractivity contribution in [1.29, 1.82) is 0 Å². The van der Waals surface area contributed by atoms with E-state index in [9.17, 15) is 4.79 Å². The smallest absolute Gasteiger partial charge is 0.271 e. The monoisotopic (exact) mass is 221 g/mol. The molecule has 88 valence electrons. The summed E-state index contributed by atoms with van der Waals surface area (Å²) in [6.45, 7) is 6.92. The highest BCUT2D eigenvalue weighted by Gasteiger charge is 2.17. The second kappa shape index (κ2) is 4.70. The fraction of sp³-hybridized carbons (Fsp3) is 0.583. The number of hydrogen-bond donors (Lipinski definition) is 2. The van der Waals surface area contributed by atoms with Crippen molar-refractivity contribution in [1.82, 2.24) is 10.3 Å². The highest BCUT2D eigenvalue weighted by Crippen LogP contribution is 2.10. The van der Waals surface area contributed by atoms with Crippen molar-refractivity contribution in [3.05, 3.63) is 28.2 Å². The Morgan fingerprint density at radius 3 is 2.94 bits per heavy atom. The van der Waals surface area contributed by atoms with Gasteiger partial charge in [-0.1, -0.05) is 6.92 Å². The first-order valence-electron chi connectivity index (χ1n) is 5.91. The molecule has 0 saturated carbocycles. The third kappa shape index (κ3) is 2.27. The fourth-order valence-electron chi connectivity index (χ4n) is 2.11.